The van der Waals surface area contributed by atoms with Crippen LogP contribution in [0.15, 0.2) is 59.7 Å². The number of nitrogens with one attached hydrogen (secondary N) is 2. The van der Waals surface area contributed by atoms with Crippen molar-refractivity contribution in [3.8, 4) is 11.5 Å². The summed E-state index contributed by atoms with van der Waals surface area (Å²) in [7, 11) is 0. The van der Waals surface area contributed by atoms with E-state index >= 15 is 0 Å². The van der Waals surface area contributed by atoms with Gasteiger partial charge in [0, 0.05) is 18.1 Å². The van der Waals surface area contributed by atoms with Gasteiger partial charge in [0.25, 0.3) is 0 Å². The van der Waals surface area contributed by atoms with Crippen LogP contribution in [-0.4, -0.2) is 24.3 Å². The van der Waals surface area contributed by atoms with Crippen LogP contribution in [0.2, 0.25) is 0 Å². The van der Waals surface area contributed by atoms with Gasteiger partial charge in [-0.3, -0.25) is 4.98 Å². The average Bonchev–Trinajstić information content (AvgIpc) is 3.18. The van der Waals surface area contributed by atoms with Gasteiger partial charge in [0.2, 0.25) is 6.79 Å². The van der Waals surface area contributed by atoms with Gasteiger partial charge in [-0.1, -0.05) is 30.3 Å². The fraction of sp³-hybridized carbons (Fsp3) is 0.238. The van der Waals surface area contributed by atoms with Crippen LogP contribution in [-0.2, 0) is 13.1 Å². The molecule has 0 atom stereocenters. The minimum atomic E-state index is 0.282. The predicted octanol–water partition coefficient (Wildman–Crippen LogP) is 3.22. The normalized spacial score (nSPS) is 13.0. The lowest BCUT2D eigenvalue weighted by Crippen LogP contribution is -2.37. The van der Waals surface area contributed by atoms with E-state index in [9.17, 15) is 0 Å². The van der Waals surface area contributed by atoms with Crippen molar-refractivity contribution in [3.63, 3.8) is 0 Å². The first-order valence-corrected chi connectivity index (χ1v) is 9.07. The number of nitrogens with zero attached hydrogens (tertiary/aromatic N) is 2. The van der Waals surface area contributed by atoms with Crippen LogP contribution < -0.4 is 20.1 Å². The minimum Gasteiger partial charge on any atom is -0.454 e. The monoisotopic (exact) mass is 362 g/mol. The Hall–Kier alpha value is -3.28. The zero-order valence-corrected chi connectivity index (χ0v) is 15.2. The van der Waals surface area contributed by atoms with E-state index in [-0.39, 0.29) is 6.79 Å². The number of rotatable bonds is 5. The van der Waals surface area contributed by atoms with Crippen LogP contribution in [0, 0.1) is 0 Å². The highest BCUT2D eigenvalue weighted by Gasteiger charge is 2.13. The summed E-state index contributed by atoms with van der Waals surface area (Å²) in [6.07, 6.45) is 1.84. The first kappa shape index (κ1) is 17.1. The van der Waals surface area contributed by atoms with Gasteiger partial charge in [0.15, 0.2) is 17.5 Å². The molecule has 6 nitrogen and oxygen atoms in total. The standard InChI is InChI=1S/C21H22N4O2/c1-2-22-21(24-12-15-7-8-19-20(11-15)27-14-26-19)25-13-18-17-6-4-3-5-16(17)9-10-23-18/h3-11H,2,12-14H2,1H3,(H2,22,24,25). The molecule has 2 N–H and O–H groups in total. The fourth-order valence-electron chi connectivity index (χ4n) is 3.04. The first-order chi connectivity index (χ1) is 13.3. The molecule has 1 aliphatic rings. The van der Waals surface area contributed by atoms with Crippen molar-refractivity contribution in [3.05, 3.63) is 66.0 Å². The zero-order chi connectivity index (χ0) is 18.5. The number of aromatic nitrogens is 1. The molecule has 138 valence electrons. The van der Waals surface area contributed by atoms with Crippen molar-refractivity contribution in [1.82, 2.24) is 15.6 Å². The molecular weight excluding hydrogens is 340 g/mol. The third kappa shape index (κ3) is 3.95. The van der Waals surface area contributed by atoms with Crippen LogP contribution in [0.25, 0.3) is 10.8 Å². The molecule has 0 bridgehead atoms. The highest BCUT2D eigenvalue weighted by atomic mass is 16.7. The fourth-order valence-corrected chi connectivity index (χ4v) is 3.04. The van der Waals surface area contributed by atoms with Gasteiger partial charge in [0.1, 0.15) is 0 Å². The van der Waals surface area contributed by atoms with Crippen LogP contribution in [0.5, 0.6) is 11.5 Å². The molecule has 0 radical (unpaired) electrons. The van der Waals surface area contributed by atoms with Gasteiger partial charge in [-0.25, -0.2) is 4.99 Å². The maximum Gasteiger partial charge on any atom is 0.231 e. The molecule has 0 aliphatic carbocycles. The highest BCUT2D eigenvalue weighted by molar-refractivity contribution is 5.85. The molecule has 2 aromatic carbocycles. The van der Waals surface area contributed by atoms with E-state index in [4.69, 9.17) is 9.47 Å². The lowest BCUT2D eigenvalue weighted by molar-refractivity contribution is 0.174. The quantitative estimate of drug-likeness (QED) is 0.539. The Balaban J connectivity index is 1.46. The molecule has 0 saturated heterocycles. The van der Waals surface area contributed by atoms with Gasteiger partial charge < -0.3 is 20.1 Å². The third-order valence-electron chi connectivity index (χ3n) is 4.38. The minimum absolute atomic E-state index is 0.282. The van der Waals surface area contributed by atoms with Crippen LogP contribution in [0.4, 0.5) is 0 Å². The summed E-state index contributed by atoms with van der Waals surface area (Å²) in [5.74, 6) is 2.32. The van der Waals surface area contributed by atoms with Gasteiger partial charge >= 0.3 is 0 Å². The number of aliphatic imine (C=N–C) groups is 1. The van der Waals surface area contributed by atoms with E-state index in [1.165, 1.54) is 5.39 Å². The molecule has 1 aromatic heterocycles. The van der Waals surface area contributed by atoms with E-state index in [0.29, 0.717) is 13.1 Å². The van der Waals surface area contributed by atoms with Crippen LogP contribution >= 0.6 is 0 Å². The molecule has 0 spiro atoms. The lowest BCUT2D eigenvalue weighted by Gasteiger charge is -2.12. The Morgan fingerprint density at radius 2 is 1.96 bits per heavy atom. The van der Waals surface area contributed by atoms with Gasteiger partial charge in [0.05, 0.1) is 18.8 Å². The van der Waals surface area contributed by atoms with Crippen molar-refractivity contribution < 1.29 is 9.47 Å². The van der Waals surface area contributed by atoms with Crippen LogP contribution in [0.1, 0.15) is 18.2 Å². The zero-order valence-electron chi connectivity index (χ0n) is 15.2. The van der Waals surface area contributed by atoms with Crippen LogP contribution in [0.3, 0.4) is 0 Å². The van der Waals surface area contributed by atoms with E-state index in [0.717, 1.165) is 40.6 Å². The van der Waals surface area contributed by atoms with E-state index < -0.39 is 0 Å². The number of hydrogen-bond donors (Lipinski definition) is 2. The number of hydrogen-bond acceptors (Lipinski definition) is 4. The lowest BCUT2D eigenvalue weighted by atomic mass is 10.1. The van der Waals surface area contributed by atoms with E-state index in [1.54, 1.807) is 0 Å². The van der Waals surface area contributed by atoms with Gasteiger partial charge in [-0.05, 0) is 36.1 Å². The summed E-state index contributed by atoms with van der Waals surface area (Å²) in [6.45, 7) is 4.28. The molecule has 0 amide bonds. The number of ether oxygens (including phenoxy) is 2. The largest absolute Gasteiger partial charge is 0.454 e. The molecule has 6 heteroatoms. The van der Waals surface area contributed by atoms with Crippen molar-refractivity contribution in [2.24, 2.45) is 4.99 Å². The number of benzene rings is 2. The molecule has 0 saturated carbocycles. The van der Waals surface area contributed by atoms with Crippen molar-refractivity contribution in [2.45, 2.75) is 20.0 Å². The van der Waals surface area contributed by atoms with E-state index in [2.05, 4.69) is 32.7 Å². The summed E-state index contributed by atoms with van der Waals surface area (Å²) in [5.41, 5.74) is 2.07. The second-order valence-corrected chi connectivity index (χ2v) is 6.22. The smallest absolute Gasteiger partial charge is 0.231 e. The molecule has 27 heavy (non-hydrogen) atoms. The molecular formula is C21H22N4O2. The Labute approximate surface area is 158 Å². The van der Waals surface area contributed by atoms with Crippen molar-refractivity contribution in [2.75, 3.05) is 13.3 Å². The maximum atomic E-state index is 5.43. The van der Waals surface area contributed by atoms with Crippen molar-refractivity contribution >= 4 is 16.7 Å². The summed E-state index contributed by atoms with van der Waals surface area (Å²) in [6, 6.07) is 16.2. The molecule has 0 unspecified atom stereocenters. The average molecular weight is 362 g/mol. The summed E-state index contributed by atoms with van der Waals surface area (Å²) >= 11 is 0. The molecule has 0 fully saturated rings. The van der Waals surface area contributed by atoms with Gasteiger partial charge in [-0.2, -0.15) is 0 Å². The second-order valence-electron chi connectivity index (χ2n) is 6.22. The van der Waals surface area contributed by atoms with Crippen molar-refractivity contribution in [1.29, 1.82) is 0 Å². The maximum absolute atomic E-state index is 5.43. The number of fused-ring (bicyclic) bond motifs is 2. The SMILES string of the molecule is CCNC(=NCc1ccc2c(c1)OCO2)NCc1nccc2ccccc12. The number of guanidine groups is 1. The first-order valence-electron chi connectivity index (χ1n) is 9.07. The molecule has 3 aromatic rings. The Morgan fingerprint density at radius 3 is 2.89 bits per heavy atom. The highest BCUT2D eigenvalue weighted by Crippen LogP contribution is 2.32. The summed E-state index contributed by atoms with van der Waals surface area (Å²) < 4.78 is 10.8. The Morgan fingerprint density at radius 1 is 1.07 bits per heavy atom. The topological polar surface area (TPSA) is 67.8 Å². The van der Waals surface area contributed by atoms with E-state index in [1.807, 2.05) is 49.5 Å². The molecule has 2 heterocycles. The summed E-state index contributed by atoms with van der Waals surface area (Å²) in [5, 5.41) is 8.99. The predicted molar refractivity (Wildman–Crippen MR) is 106 cm³/mol. The molecule has 4 rings (SSSR count). The van der Waals surface area contributed by atoms with Gasteiger partial charge in [-0.15, -0.1) is 0 Å². The Kier molecular flexibility index (Phi) is 5.05. The summed E-state index contributed by atoms with van der Waals surface area (Å²) in [4.78, 5) is 9.20. The third-order valence-corrected chi connectivity index (χ3v) is 4.38. The Bertz CT molecular complexity index is 966. The number of pyridine rings is 1. The second kappa shape index (κ2) is 7.95. The molecule has 1 aliphatic heterocycles.